The lowest BCUT2D eigenvalue weighted by molar-refractivity contribution is -0.137. The number of nitrogens with zero attached hydrogens (tertiary/aromatic N) is 5. The van der Waals surface area contributed by atoms with Crippen LogP contribution in [0.5, 0.6) is 0 Å². The first-order valence-corrected chi connectivity index (χ1v) is 10.2. The monoisotopic (exact) mass is 401 g/mol. The summed E-state index contributed by atoms with van der Waals surface area (Å²) in [7, 11) is 0. The Hall–Kier alpha value is -2.64. The Labute approximate surface area is 166 Å². The van der Waals surface area contributed by atoms with Crippen molar-refractivity contribution in [3.05, 3.63) is 41.1 Å². The molecule has 2 aliphatic rings. The predicted molar refractivity (Wildman–Crippen MR) is 102 cm³/mol. The molecule has 0 radical (unpaired) electrons. The van der Waals surface area contributed by atoms with Crippen LogP contribution in [0, 0.1) is 0 Å². The van der Waals surface area contributed by atoms with Crippen LogP contribution in [0.3, 0.4) is 0 Å². The van der Waals surface area contributed by atoms with Gasteiger partial charge in [0.05, 0.1) is 17.3 Å². The molecule has 2 aromatic heterocycles. The average molecular weight is 401 g/mol. The van der Waals surface area contributed by atoms with E-state index in [0.717, 1.165) is 43.1 Å². The summed E-state index contributed by atoms with van der Waals surface area (Å²) in [6.45, 7) is 2.64. The van der Waals surface area contributed by atoms with Crippen molar-refractivity contribution in [2.75, 3.05) is 0 Å². The average Bonchev–Trinajstić information content (AvgIpc) is 3.44. The molecule has 1 fully saturated rings. The van der Waals surface area contributed by atoms with Crippen molar-refractivity contribution < 1.29 is 13.2 Å². The van der Waals surface area contributed by atoms with Gasteiger partial charge >= 0.3 is 6.18 Å². The minimum absolute atomic E-state index is 0.0739. The van der Waals surface area contributed by atoms with Crippen molar-refractivity contribution >= 4 is 0 Å². The topological polar surface area (TPSA) is 48.5 Å². The molecule has 152 valence electrons. The third-order valence-electron chi connectivity index (χ3n) is 6.12. The number of hydrogen-bond acceptors (Lipinski definition) is 3. The first kappa shape index (κ1) is 18.4. The highest BCUT2D eigenvalue weighted by molar-refractivity contribution is 5.67. The van der Waals surface area contributed by atoms with Crippen LogP contribution in [0.15, 0.2) is 24.3 Å². The normalized spacial score (nSPS) is 16.8. The van der Waals surface area contributed by atoms with E-state index in [2.05, 4.69) is 21.8 Å². The highest BCUT2D eigenvalue weighted by atomic mass is 19.4. The van der Waals surface area contributed by atoms with Gasteiger partial charge in [0.2, 0.25) is 0 Å². The van der Waals surface area contributed by atoms with Gasteiger partial charge in [-0.25, -0.2) is 0 Å². The van der Waals surface area contributed by atoms with Gasteiger partial charge in [-0.3, -0.25) is 4.68 Å². The number of hydrogen-bond donors (Lipinski definition) is 0. The van der Waals surface area contributed by atoms with E-state index in [9.17, 15) is 13.2 Å². The van der Waals surface area contributed by atoms with Crippen LogP contribution >= 0.6 is 0 Å². The van der Waals surface area contributed by atoms with Crippen LogP contribution in [0.25, 0.3) is 22.9 Å². The van der Waals surface area contributed by atoms with E-state index in [4.69, 9.17) is 5.10 Å². The van der Waals surface area contributed by atoms with Crippen LogP contribution in [-0.2, 0) is 25.6 Å². The lowest BCUT2D eigenvalue weighted by atomic mass is 10.0. The molecule has 1 aromatic carbocycles. The molecule has 3 heterocycles. The summed E-state index contributed by atoms with van der Waals surface area (Å²) in [5.74, 6) is 0.910. The molecule has 0 atom stereocenters. The molecule has 0 spiro atoms. The van der Waals surface area contributed by atoms with Crippen LogP contribution < -0.4 is 0 Å². The Morgan fingerprint density at radius 3 is 2.52 bits per heavy atom. The Morgan fingerprint density at radius 1 is 1.07 bits per heavy atom. The molecule has 5 nitrogen and oxygen atoms in total. The molecular weight excluding hydrogens is 379 g/mol. The minimum Gasteiger partial charge on any atom is -0.305 e. The van der Waals surface area contributed by atoms with Gasteiger partial charge in [0.25, 0.3) is 0 Å². The fourth-order valence-corrected chi connectivity index (χ4v) is 4.75. The Morgan fingerprint density at radius 2 is 1.79 bits per heavy atom. The predicted octanol–water partition coefficient (Wildman–Crippen LogP) is 5.06. The molecular formula is C21H22F3N5. The Balaban J connectivity index is 1.68. The number of fused-ring (bicyclic) bond motifs is 3. The lowest BCUT2D eigenvalue weighted by Gasteiger charge is -2.21. The zero-order valence-electron chi connectivity index (χ0n) is 16.2. The maximum absolute atomic E-state index is 13.6. The third-order valence-corrected chi connectivity index (χ3v) is 6.12. The van der Waals surface area contributed by atoms with E-state index in [0.29, 0.717) is 18.4 Å². The summed E-state index contributed by atoms with van der Waals surface area (Å²) in [4.78, 5) is 0. The molecule has 29 heavy (non-hydrogen) atoms. The SMILES string of the molecule is CCc1nn(C2CCCC2)c2c1CCn1c(-c3ccccc3C(F)(F)F)nnc1-2. The summed E-state index contributed by atoms with van der Waals surface area (Å²) >= 11 is 0. The molecule has 8 heteroatoms. The zero-order valence-corrected chi connectivity index (χ0v) is 16.2. The minimum atomic E-state index is -4.44. The summed E-state index contributed by atoms with van der Waals surface area (Å²) in [6, 6.07) is 5.92. The van der Waals surface area contributed by atoms with Gasteiger partial charge < -0.3 is 4.57 Å². The van der Waals surface area contributed by atoms with Crippen LogP contribution in [0.1, 0.15) is 55.5 Å². The fraction of sp³-hybridized carbons (Fsp3) is 0.476. The highest BCUT2D eigenvalue weighted by Gasteiger charge is 2.37. The van der Waals surface area contributed by atoms with E-state index in [1.165, 1.54) is 30.5 Å². The molecule has 0 N–H and O–H groups in total. The molecule has 1 aliphatic carbocycles. The first-order valence-electron chi connectivity index (χ1n) is 10.2. The molecule has 0 unspecified atom stereocenters. The van der Waals surface area contributed by atoms with Gasteiger partial charge in [-0.15, -0.1) is 10.2 Å². The van der Waals surface area contributed by atoms with Crippen molar-refractivity contribution in [2.45, 2.75) is 64.2 Å². The third kappa shape index (κ3) is 2.88. The smallest absolute Gasteiger partial charge is 0.305 e. The number of aryl methyl sites for hydroxylation is 1. The number of halogens is 3. The molecule has 5 rings (SSSR count). The second-order valence-electron chi connectivity index (χ2n) is 7.80. The number of alkyl halides is 3. The summed E-state index contributed by atoms with van der Waals surface area (Å²) < 4.78 is 44.6. The van der Waals surface area contributed by atoms with Gasteiger partial charge in [-0.2, -0.15) is 18.3 Å². The van der Waals surface area contributed by atoms with Crippen molar-refractivity contribution in [1.82, 2.24) is 24.5 Å². The fourth-order valence-electron chi connectivity index (χ4n) is 4.75. The van der Waals surface area contributed by atoms with Gasteiger partial charge in [-0.1, -0.05) is 38.0 Å². The van der Waals surface area contributed by atoms with Gasteiger partial charge in [0.15, 0.2) is 11.6 Å². The second-order valence-corrected chi connectivity index (χ2v) is 7.80. The van der Waals surface area contributed by atoms with Crippen molar-refractivity contribution in [1.29, 1.82) is 0 Å². The van der Waals surface area contributed by atoms with E-state index < -0.39 is 11.7 Å². The lowest BCUT2D eigenvalue weighted by Crippen LogP contribution is -2.17. The van der Waals surface area contributed by atoms with Crippen molar-refractivity contribution in [2.24, 2.45) is 0 Å². The van der Waals surface area contributed by atoms with Crippen LogP contribution in [0.4, 0.5) is 13.2 Å². The quantitative estimate of drug-likeness (QED) is 0.616. The molecule has 3 aromatic rings. The van der Waals surface area contributed by atoms with E-state index in [-0.39, 0.29) is 11.4 Å². The van der Waals surface area contributed by atoms with Crippen molar-refractivity contribution in [3.63, 3.8) is 0 Å². The van der Waals surface area contributed by atoms with Crippen LogP contribution in [0.2, 0.25) is 0 Å². The molecule has 0 amide bonds. The number of rotatable bonds is 3. The van der Waals surface area contributed by atoms with Crippen molar-refractivity contribution in [3.8, 4) is 22.9 Å². The maximum atomic E-state index is 13.6. The molecule has 0 bridgehead atoms. The molecule has 1 saturated carbocycles. The van der Waals surface area contributed by atoms with Gasteiger partial charge in [-0.05, 0) is 31.7 Å². The Bertz CT molecular complexity index is 1060. The second kappa shape index (κ2) is 6.71. The van der Waals surface area contributed by atoms with Gasteiger partial charge in [0.1, 0.15) is 5.69 Å². The first-order chi connectivity index (χ1) is 14.0. The van der Waals surface area contributed by atoms with E-state index >= 15 is 0 Å². The van der Waals surface area contributed by atoms with Gasteiger partial charge in [0, 0.05) is 17.7 Å². The standard InChI is InChI=1S/C21H22F3N5/c1-2-17-15-11-12-28-19(14-9-5-6-10-16(14)21(22,23)24)25-26-20(28)18(15)29(27-17)13-7-3-4-8-13/h5-6,9-10,13H,2-4,7-8,11-12H2,1H3. The zero-order chi connectivity index (χ0) is 20.2. The summed E-state index contributed by atoms with van der Waals surface area (Å²) in [6.07, 6.45) is 1.64. The summed E-state index contributed by atoms with van der Waals surface area (Å²) in [5.41, 5.74) is 2.58. The molecule has 0 saturated heterocycles. The number of aromatic nitrogens is 5. The van der Waals surface area contributed by atoms with E-state index in [1.807, 2.05) is 4.57 Å². The highest BCUT2D eigenvalue weighted by Crippen LogP contribution is 2.41. The maximum Gasteiger partial charge on any atom is 0.417 e. The largest absolute Gasteiger partial charge is 0.417 e. The van der Waals surface area contributed by atoms with E-state index in [1.54, 1.807) is 6.07 Å². The molecule has 1 aliphatic heterocycles. The van der Waals surface area contributed by atoms with Crippen LogP contribution in [-0.4, -0.2) is 24.5 Å². The Kier molecular flexibility index (Phi) is 4.26. The summed E-state index contributed by atoms with van der Waals surface area (Å²) in [5, 5.41) is 13.5. The number of benzene rings is 1.